The number of rotatable bonds is 6. The van der Waals surface area contributed by atoms with E-state index in [-0.39, 0.29) is 0 Å². The van der Waals surface area contributed by atoms with Gasteiger partial charge in [-0.2, -0.15) is 0 Å². The molecule has 0 aliphatic heterocycles. The van der Waals surface area contributed by atoms with E-state index in [0.717, 1.165) is 22.6 Å². The average Bonchev–Trinajstić information content (AvgIpc) is 2.68. The molecule has 1 N–H and O–H groups in total. The van der Waals surface area contributed by atoms with Crippen molar-refractivity contribution in [2.45, 2.75) is 0 Å². The first kappa shape index (κ1) is 16.6. The highest BCUT2D eigenvalue weighted by atomic mass is 16.5. The topological polar surface area (TPSA) is 21.3 Å². The van der Waals surface area contributed by atoms with Gasteiger partial charge in [0.15, 0.2) is 0 Å². The van der Waals surface area contributed by atoms with Crippen molar-refractivity contribution in [3.63, 3.8) is 0 Å². The first-order valence-electron chi connectivity index (χ1n) is 8.24. The van der Waals surface area contributed by atoms with Crippen LogP contribution in [0, 0.1) is 0 Å². The van der Waals surface area contributed by atoms with Gasteiger partial charge in [-0.15, -0.1) is 0 Å². The van der Waals surface area contributed by atoms with E-state index in [1.807, 2.05) is 66.9 Å². The zero-order chi connectivity index (χ0) is 17.3. The van der Waals surface area contributed by atoms with Gasteiger partial charge in [0, 0.05) is 11.9 Å². The first-order valence-corrected chi connectivity index (χ1v) is 8.24. The summed E-state index contributed by atoms with van der Waals surface area (Å²) in [6.07, 6.45) is 8.22. The lowest BCUT2D eigenvalue weighted by Crippen LogP contribution is -1.90. The maximum absolute atomic E-state index is 5.25. The summed E-state index contributed by atoms with van der Waals surface area (Å²) in [5.41, 5.74) is 4.48. The number of hydrogen-bond donors (Lipinski definition) is 1. The number of methoxy groups -OCH3 is 1. The van der Waals surface area contributed by atoms with Crippen molar-refractivity contribution in [1.82, 2.24) is 0 Å². The Labute approximate surface area is 149 Å². The van der Waals surface area contributed by atoms with Gasteiger partial charge in [-0.1, -0.05) is 72.8 Å². The van der Waals surface area contributed by atoms with Crippen LogP contribution in [-0.2, 0) is 0 Å². The molecule has 3 rings (SSSR count). The third-order valence-corrected chi connectivity index (χ3v) is 3.82. The lowest BCUT2D eigenvalue weighted by molar-refractivity contribution is 0.414. The lowest BCUT2D eigenvalue weighted by atomic mass is 10.1. The minimum atomic E-state index is 0.855. The fourth-order valence-electron chi connectivity index (χ4n) is 2.50. The van der Waals surface area contributed by atoms with Crippen LogP contribution in [0.15, 0.2) is 85.1 Å². The van der Waals surface area contributed by atoms with Gasteiger partial charge in [-0.25, -0.2) is 0 Å². The predicted octanol–water partition coefficient (Wildman–Crippen LogP) is 5.95. The number of benzene rings is 3. The molecule has 0 aliphatic rings. The zero-order valence-electron chi connectivity index (χ0n) is 14.2. The summed E-state index contributed by atoms with van der Waals surface area (Å²) >= 11 is 0. The van der Waals surface area contributed by atoms with Gasteiger partial charge in [0.1, 0.15) is 5.75 Å². The summed E-state index contributed by atoms with van der Waals surface area (Å²) in [4.78, 5) is 0. The molecule has 0 heterocycles. The van der Waals surface area contributed by atoms with E-state index in [2.05, 4.69) is 41.7 Å². The van der Waals surface area contributed by atoms with Crippen LogP contribution < -0.4 is 10.1 Å². The van der Waals surface area contributed by atoms with Crippen LogP contribution in [0.1, 0.15) is 16.7 Å². The summed E-state index contributed by atoms with van der Waals surface area (Å²) in [6, 6.07) is 26.5. The van der Waals surface area contributed by atoms with Crippen molar-refractivity contribution < 1.29 is 4.74 Å². The van der Waals surface area contributed by atoms with Crippen LogP contribution in [0.3, 0.4) is 0 Å². The van der Waals surface area contributed by atoms with E-state index in [4.69, 9.17) is 4.74 Å². The molecular formula is C23H21NO. The largest absolute Gasteiger partial charge is 0.497 e. The molecule has 0 fully saturated rings. The van der Waals surface area contributed by atoms with Crippen molar-refractivity contribution in [2.75, 3.05) is 12.4 Å². The number of hydrogen-bond acceptors (Lipinski definition) is 2. The molecule has 0 saturated carbocycles. The molecule has 0 aliphatic carbocycles. The van der Waals surface area contributed by atoms with E-state index < -0.39 is 0 Å². The molecule has 0 bridgehead atoms. The fraction of sp³-hybridized carbons (Fsp3) is 0.0435. The third-order valence-electron chi connectivity index (χ3n) is 3.82. The molecule has 0 spiro atoms. The molecule has 25 heavy (non-hydrogen) atoms. The van der Waals surface area contributed by atoms with Crippen LogP contribution in [0.4, 0.5) is 5.69 Å². The fourth-order valence-corrected chi connectivity index (χ4v) is 2.50. The maximum atomic E-state index is 5.25. The number of para-hydroxylation sites is 1. The molecule has 0 amide bonds. The molecule has 124 valence electrons. The molecule has 3 aromatic carbocycles. The van der Waals surface area contributed by atoms with Gasteiger partial charge < -0.3 is 10.1 Å². The van der Waals surface area contributed by atoms with E-state index in [0.29, 0.717) is 0 Å². The van der Waals surface area contributed by atoms with Crippen molar-refractivity contribution >= 4 is 23.9 Å². The number of ether oxygens (including phenoxy) is 1. The van der Waals surface area contributed by atoms with Gasteiger partial charge in [0.05, 0.1) is 7.11 Å². The minimum absolute atomic E-state index is 0.855. The highest BCUT2D eigenvalue weighted by molar-refractivity contribution is 5.77. The van der Waals surface area contributed by atoms with Crippen molar-refractivity contribution in [3.8, 4) is 5.75 Å². The molecule has 0 saturated heterocycles. The zero-order valence-corrected chi connectivity index (χ0v) is 14.2. The summed E-state index contributed by atoms with van der Waals surface area (Å²) in [5.74, 6) is 0.855. The summed E-state index contributed by atoms with van der Waals surface area (Å²) in [7, 11) is 1.68. The Morgan fingerprint density at radius 2 is 1.48 bits per heavy atom. The third kappa shape index (κ3) is 4.85. The highest BCUT2D eigenvalue weighted by Gasteiger charge is 1.96. The van der Waals surface area contributed by atoms with Crippen LogP contribution in [-0.4, -0.2) is 7.11 Å². The molecule has 0 unspecified atom stereocenters. The molecule has 2 heteroatoms. The molecule has 2 nitrogen and oxygen atoms in total. The Hall–Kier alpha value is -3.26. The van der Waals surface area contributed by atoms with Crippen LogP contribution in [0.25, 0.3) is 18.2 Å². The first-order chi connectivity index (χ1) is 12.3. The second-order valence-electron chi connectivity index (χ2n) is 5.59. The van der Waals surface area contributed by atoms with Crippen LogP contribution in [0.2, 0.25) is 0 Å². The van der Waals surface area contributed by atoms with E-state index in [1.54, 1.807) is 7.11 Å². The average molecular weight is 327 g/mol. The van der Waals surface area contributed by atoms with Gasteiger partial charge in [0.25, 0.3) is 0 Å². The van der Waals surface area contributed by atoms with Gasteiger partial charge in [-0.3, -0.25) is 0 Å². The molecular weight excluding hydrogens is 306 g/mol. The number of anilines is 1. The standard InChI is InChI=1S/C23H21NO/c1-25-22-12-7-10-20(18-22)16-17-24-23-13-6-5-11-21(23)15-14-19-8-3-2-4-9-19/h2-18,24H,1H3. The van der Waals surface area contributed by atoms with Gasteiger partial charge in [-0.05, 0) is 41.0 Å². The number of nitrogens with one attached hydrogen (secondary N) is 1. The summed E-state index contributed by atoms with van der Waals surface area (Å²) < 4.78 is 5.25. The van der Waals surface area contributed by atoms with Gasteiger partial charge >= 0.3 is 0 Å². The Morgan fingerprint density at radius 1 is 0.720 bits per heavy atom. The van der Waals surface area contributed by atoms with Crippen LogP contribution in [0.5, 0.6) is 5.75 Å². The molecule has 3 aromatic rings. The normalized spacial score (nSPS) is 11.1. The quantitative estimate of drug-likeness (QED) is 0.565. The highest BCUT2D eigenvalue weighted by Crippen LogP contribution is 2.19. The van der Waals surface area contributed by atoms with E-state index >= 15 is 0 Å². The van der Waals surface area contributed by atoms with E-state index in [1.165, 1.54) is 5.56 Å². The van der Waals surface area contributed by atoms with E-state index in [9.17, 15) is 0 Å². The molecule has 0 aromatic heterocycles. The lowest BCUT2D eigenvalue weighted by Gasteiger charge is -2.06. The van der Waals surface area contributed by atoms with Crippen molar-refractivity contribution in [1.29, 1.82) is 0 Å². The Bertz CT molecular complexity index is 866. The Kier molecular flexibility index (Phi) is 5.68. The second-order valence-corrected chi connectivity index (χ2v) is 5.59. The maximum Gasteiger partial charge on any atom is 0.119 e. The van der Waals surface area contributed by atoms with Crippen LogP contribution >= 0.6 is 0 Å². The smallest absolute Gasteiger partial charge is 0.119 e. The molecule has 0 radical (unpaired) electrons. The molecule has 0 atom stereocenters. The SMILES string of the molecule is COc1cccc(C=CNc2ccccc2C=Cc2ccccc2)c1. The predicted molar refractivity (Wildman–Crippen MR) is 107 cm³/mol. The Morgan fingerprint density at radius 3 is 2.32 bits per heavy atom. The summed E-state index contributed by atoms with van der Waals surface area (Å²) in [5, 5.41) is 3.36. The van der Waals surface area contributed by atoms with Crippen molar-refractivity contribution in [2.24, 2.45) is 0 Å². The summed E-state index contributed by atoms with van der Waals surface area (Å²) in [6.45, 7) is 0. The second kappa shape index (κ2) is 8.55. The minimum Gasteiger partial charge on any atom is -0.497 e. The van der Waals surface area contributed by atoms with Gasteiger partial charge in [0.2, 0.25) is 0 Å². The van der Waals surface area contributed by atoms with Crippen molar-refractivity contribution in [3.05, 3.63) is 102 Å². The Balaban J connectivity index is 1.72. The monoisotopic (exact) mass is 327 g/mol.